The first-order valence-electron chi connectivity index (χ1n) is 4.91. The predicted molar refractivity (Wildman–Crippen MR) is 58.4 cm³/mol. The fourth-order valence-electron chi connectivity index (χ4n) is 1.43. The van der Waals surface area contributed by atoms with E-state index in [4.69, 9.17) is 0 Å². The summed E-state index contributed by atoms with van der Waals surface area (Å²) in [5.41, 5.74) is 2.98. The van der Waals surface area contributed by atoms with Gasteiger partial charge in [0.15, 0.2) is 5.65 Å². The number of pyridine rings is 2. The number of rotatable bonds is 1. The smallest absolute Gasteiger partial charge is 0.159 e. The van der Waals surface area contributed by atoms with Crippen molar-refractivity contribution in [3.05, 3.63) is 35.7 Å². The number of nitrogens with zero attached hydrogens (tertiary/aromatic N) is 2. The maximum absolute atomic E-state index is 4.52. The molecule has 0 fully saturated rings. The van der Waals surface area contributed by atoms with Crippen molar-refractivity contribution >= 4 is 11.0 Å². The Balaban J connectivity index is 2.63. The van der Waals surface area contributed by atoms with Crippen molar-refractivity contribution in [2.24, 2.45) is 0 Å². The van der Waals surface area contributed by atoms with Gasteiger partial charge < -0.3 is 0 Å². The number of hydrogen-bond acceptors (Lipinski definition) is 2. The molecule has 0 N–H and O–H groups in total. The second-order valence-electron chi connectivity index (χ2n) is 3.89. The van der Waals surface area contributed by atoms with E-state index in [1.165, 1.54) is 0 Å². The number of aromatic nitrogens is 2. The predicted octanol–water partition coefficient (Wildman–Crippen LogP) is 3.06. The standard InChI is InChI=1S/C12H14N2/c1-8(2)11-7-6-10-5-4-9(3)13-12(10)14-11/h4-8H,1-3H3. The third-order valence-corrected chi connectivity index (χ3v) is 2.30. The summed E-state index contributed by atoms with van der Waals surface area (Å²) in [6.07, 6.45) is 0. The van der Waals surface area contributed by atoms with Crippen LogP contribution in [0.25, 0.3) is 11.0 Å². The average Bonchev–Trinajstić information content (AvgIpc) is 2.16. The molecule has 0 amide bonds. The minimum Gasteiger partial charge on any atom is -0.233 e. The van der Waals surface area contributed by atoms with Crippen molar-refractivity contribution in [3.8, 4) is 0 Å². The quantitative estimate of drug-likeness (QED) is 0.684. The van der Waals surface area contributed by atoms with Crippen LogP contribution < -0.4 is 0 Å². The summed E-state index contributed by atoms with van der Waals surface area (Å²) in [5, 5.41) is 1.11. The molecule has 0 saturated heterocycles. The van der Waals surface area contributed by atoms with Crippen LogP contribution in [-0.2, 0) is 0 Å². The van der Waals surface area contributed by atoms with Crippen LogP contribution in [0.3, 0.4) is 0 Å². The Hall–Kier alpha value is -1.44. The van der Waals surface area contributed by atoms with Crippen LogP contribution in [-0.4, -0.2) is 9.97 Å². The molecule has 2 nitrogen and oxygen atoms in total. The van der Waals surface area contributed by atoms with Gasteiger partial charge in [-0.05, 0) is 37.1 Å². The summed E-state index contributed by atoms with van der Waals surface area (Å²) in [6.45, 7) is 6.27. The molecule has 0 aliphatic heterocycles. The lowest BCUT2D eigenvalue weighted by Gasteiger charge is -2.05. The molecule has 0 atom stereocenters. The summed E-state index contributed by atoms with van der Waals surface area (Å²) < 4.78 is 0. The lowest BCUT2D eigenvalue weighted by atomic mass is 10.1. The minimum atomic E-state index is 0.460. The number of aryl methyl sites for hydroxylation is 1. The second kappa shape index (κ2) is 3.37. The van der Waals surface area contributed by atoms with Gasteiger partial charge >= 0.3 is 0 Å². The molecular formula is C12H14N2. The van der Waals surface area contributed by atoms with Crippen molar-refractivity contribution in [2.75, 3.05) is 0 Å². The highest BCUT2D eigenvalue weighted by Gasteiger charge is 2.02. The molecule has 2 heteroatoms. The third kappa shape index (κ3) is 1.60. The fourth-order valence-corrected chi connectivity index (χ4v) is 1.43. The van der Waals surface area contributed by atoms with Crippen LogP contribution in [0.1, 0.15) is 31.2 Å². The lowest BCUT2D eigenvalue weighted by molar-refractivity contribution is 0.827. The summed E-state index contributed by atoms with van der Waals surface area (Å²) in [7, 11) is 0. The zero-order chi connectivity index (χ0) is 10.1. The summed E-state index contributed by atoms with van der Waals surface area (Å²) in [4.78, 5) is 8.93. The van der Waals surface area contributed by atoms with Crippen LogP contribution in [0.5, 0.6) is 0 Å². The largest absolute Gasteiger partial charge is 0.233 e. The highest BCUT2D eigenvalue weighted by atomic mass is 14.9. The van der Waals surface area contributed by atoms with Gasteiger partial charge in [-0.15, -0.1) is 0 Å². The summed E-state index contributed by atoms with van der Waals surface area (Å²) in [6, 6.07) is 8.24. The Morgan fingerprint density at radius 3 is 2.43 bits per heavy atom. The molecule has 0 bridgehead atoms. The molecule has 0 saturated carbocycles. The Kier molecular flexibility index (Phi) is 2.20. The van der Waals surface area contributed by atoms with Crippen molar-refractivity contribution in [1.29, 1.82) is 0 Å². The lowest BCUT2D eigenvalue weighted by Crippen LogP contribution is -1.94. The first-order valence-corrected chi connectivity index (χ1v) is 4.91. The van der Waals surface area contributed by atoms with E-state index in [9.17, 15) is 0 Å². The van der Waals surface area contributed by atoms with Crippen molar-refractivity contribution in [2.45, 2.75) is 26.7 Å². The molecule has 0 spiro atoms. The van der Waals surface area contributed by atoms with Gasteiger partial charge in [0.1, 0.15) is 0 Å². The molecule has 0 aromatic carbocycles. The van der Waals surface area contributed by atoms with Crippen molar-refractivity contribution < 1.29 is 0 Å². The first-order chi connectivity index (χ1) is 6.66. The van der Waals surface area contributed by atoms with E-state index in [-0.39, 0.29) is 0 Å². The molecule has 2 heterocycles. The van der Waals surface area contributed by atoms with Gasteiger partial charge in [-0.1, -0.05) is 13.8 Å². The monoisotopic (exact) mass is 186 g/mol. The molecule has 0 aliphatic rings. The SMILES string of the molecule is Cc1ccc2ccc(C(C)C)nc2n1. The molecule has 0 aliphatic carbocycles. The van der Waals surface area contributed by atoms with E-state index in [1.54, 1.807) is 0 Å². The second-order valence-corrected chi connectivity index (χ2v) is 3.89. The van der Waals surface area contributed by atoms with Crippen LogP contribution in [0.2, 0.25) is 0 Å². The normalized spacial score (nSPS) is 11.1. The molecule has 0 radical (unpaired) electrons. The highest BCUT2D eigenvalue weighted by Crippen LogP contribution is 2.16. The molecular weight excluding hydrogens is 172 g/mol. The first kappa shape index (κ1) is 9.13. The van der Waals surface area contributed by atoms with Gasteiger partial charge in [0.05, 0.1) is 0 Å². The Morgan fingerprint density at radius 2 is 1.71 bits per heavy atom. The average molecular weight is 186 g/mol. The Morgan fingerprint density at radius 1 is 1.00 bits per heavy atom. The van der Waals surface area contributed by atoms with Crippen molar-refractivity contribution in [1.82, 2.24) is 9.97 Å². The molecule has 2 aromatic rings. The van der Waals surface area contributed by atoms with Gasteiger partial charge in [-0.2, -0.15) is 0 Å². The number of fused-ring (bicyclic) bond motifs is 1. The summed E-state index contributed by atoms with van der Waals surface area (Å²) in [5.74, 6) is 0.460. The summed E-state index contributed by atoms with van der Waals surface area (Å²) >= 11 is 0. The fraction of sp³-hybridized carbons (Fsp3) is 0.333. The molecule has 2 rings (SSSR count). The van der Waals surface area contributed by atoms with Gasteiger partial charge in [-0.3, -0.25) is 0 Å². The van der Waals surface area contributed by atoms with E-state index >= 15 is 0 Å². The highest BCUT2D eigenvalue weighted by molar-refractivity contribution is 5.74. The Labute approximate surface area is 84.0 Å². The molecule has 0 unspecified atom stereocenters. The van der Waals surface area contributed by atoms with E-state index in [0.717, 1.165) is 22.4 Å². The maximum atomic E-state index is 4.52. The maximum Gasteiger partial charge on any atom is 0.159 e. The van der Waals surface area contributed by atoms with Crippen molar-refractivity contribution in [3.63, 3.8) is 0 Å². The minimum absolute atomic E-state index is 0.460. The van der Waals surface area contributed by atoms with Gasteiger partial charge in [0, 0.05) is 16.8 Å². The zero-order valence-electron chi connectivity index (χ0n) is 8.78. The van der Waals surface area contributed by atoms with E-state index < -0.39 is 0 Å². The van der Waals surface area contributed by atoms with E-state index in [2.05, 4.69) is 42.0 Å². The molecule has 72 valence electrons. The number of hydrogen-bond donors (Lipinski definition) is 0. The van der Waals surface area contributed by atoms with Crippen LogP contribution >= 0.6 is 0 Å². The molecule has 2 aromatic heterocycles. The topological polar surface area (TPSA) is 25.8 Å². The van der Waals surface area contributed by atoms with Gasteiger partial charge in [0.2, 0.25) is 0 Å². The van der Waals surface area contributed by atoms with Gasteiger partial charge in [0.25, 0.3) is 0 Å². The van der Waals surface area contributed by atoms with Gasteiger partial charge in [-0.25, -0.2) is 9.97 Å². The third-order valence-electron chi connectivity index (χ3n) is 2.30. The van der Waals surface area contributed by atoms with Crippen LogP contribution in [0, 0.1) is 6.92 Å². The van der Waals surface area contributed by atoms with Crippen LogP contribution in [0.4, 0.5) is 0 Å². The van der Waals surface area contributed by atoms with E-state index in [0.29, 0.717) is 5.92 Å². The molecule has 14 heavy (non-hydrogen) atoms. The zero-order valence-corrected chi connectivity index (χ0v) is 8.78. The van der Waals surface area contributed by atoms with E-state index in [1.807, 2.05) is 13.0 Å². The Bertz CT molecular complexity index is 461. The van der Waals surface area contributed by atoms with Crippen LogP contribution in [0.15, 0.2) is 24.3 Å².